The third-order valence-corrected chi connectivity index (χ3v) is 4.16. The van der Waals surface area contributed by atoms with Crippen molar-refractivity contribution in [1.29, 1.82) is 0 Å². The molecule has 2 aromatic carbocycles. The highest BCUT2D eigenvalue weighted by molar-refractivity contribution is 5.56. The van der Waals surface area contributed by atoms with Crippen LogP contribution in [-0.2, 0) is 12.8 Å². The van der Waals surface area contributed by atoms with Gasteiger partial charge in [0.25, 0.3) is 0 Å². The van der Waals surface area contributed by atoms with Gasteiger partial charge in [-0.1, -0.05) is 36.4 Å². The van der Waals surface area contributed by atoms with E-state index >= 15 is 0 Å². The predicted molar refractivity (Wildman–Crippen MR) is 105 cm³/mol. The van der Waals surface area contributed by atoms with E-state index in [0.29, 0.717) is 23.7 Å². The van der Waals surface area contributed by atoms with E-state index in [0.717, 1.165) is 17.7 Å². The van der Waals surface area contributed by atoms with Crippen LogP contribution in [0.1, 0.15) is 11.1 Å². The average Bonchev–Trinajstić information content (AvgIpc) is 2.79. The molecular weight excluding hydrogens is 409 g/mol. The summed E-state index contributed by atoms with van der Waals surface area (Å²) in [5.41, 5.74) is 1.28. The number of halogens is 3. The molecular formula is C22H15F3N4O2. The van der Waals surface area contributed by atoms with Crippen LogP contribution in [-0.4, -0.2) is 20.2 Å². The SMILES string of the molecule is FC(F)(F)c1cccc(Oc2ncc(-c3ccc(OCc4ccccc4)nn3)cn2)c1. The number of ether oxygens (including phenoxy) is 2. The predicted octanol–water partition coefficient (Wildman–Crippen LogP) is 5.32. The molecule has 0 radical (unpaired) electrons. The Morgan fingerprint density at radius 2 is 1.58 bits per heavy atom. The van der Waals surface area contributed by atoms with E-state index in [-0.39, 0.29) is 11.8 Å². The molecule has 0 aliphatic rings. The number of alkyl halides is 3. The van der Waals surface area contributed by atoms with Crippen LogP contribution in [0.5, 0.6) is 17.6 Å². The van der Waals surface area contributed by atoms with E-state index < -0.39 is 11.7 Å². The first-order valence-electron chi connectivity index (χ1n) is 9.15. The van der Waals surface area contributed by atoms with Gasteiger partial charge in [0.05, 0.1) is 11.3 Å². The molecule has 0 bridgehead atoms. The summed E-state index contributed by atoms with van der Waals surface area (Å²) in [7, 11) is 0. The lowest BCUT2D eigenvalue weighted by molar-refractivity contribution is -0.137. The highest BCUT2D eigenvalue weighted by atomic mass is 19.4. The quantitative estimate of drug-likeness (QED) is 0.417. The zero-order valence-electron chi connectivity index (χ0n) is 16.0. The maximum atomic E-state index is 12.8. The Bertz CT molecular complexity index is 1140. The second-order valence-corrected chi connectivity index (χ2v) is 6.41. The molecule has 0 amide bonds. The van der Waals surface area contributed by atoms with E-state index in [4.69, 9.17) is 9.47 Å². The lowest BCUT2D eigenvalue weighted by Gasteiger charge is -2.09. The van der Waals surface area contributed by atoms with Gasteiger partial charge >= 0.3 is 12.2 Å². The van der Waals surface area contributed by atoms with Gasteiger partial charge in [0.2, 0.25) is 5.88 Å². The Morgan fingerprint density at radius 3 is 2.26 bits per heavy atom. The fourth-order valence-electron chi connectivity index (χ4n) is 2.62. The molecule has 0 fully saturated rings. The molecule has 0 unspecified atom stereocenters. The molecule has 0 N–H and O–H groups in total. The third-order valence-electron chi connectivity index (χ3n) is 4.16. The molecule has 0 spiro atoms. The highest BCUT2D eigenvalue weighted by Crippen LogP contribution is 2.32. The van der Waals surface area contributed by atoms with Crippen LogP contribution >= 0.6 is 0 Å². The summed E-state index contributed by atoms with van der Waals surface area (Å²) < 4.78 is 49.3. The number of rotatable bonds is 6. The molecule has 4 aromatic rings. The average molecular weight is 424 g/mol. The van der Waals surface area contributed by atoms with Gasteiger partial charge in [-0.05, 0) is 29.8 Å². The van der Waals surface area contributed by atoms with Gasteiger partial charge < -0.3 is 9.47 Å². The molecule has 2 aromatic heterocycles. The number of hydrogen-bond donors (Lipinski definition) is 0. The van der Waals surface area contributed by atoms with Crippen LogP contribution in [0, 0.1) is 0 Å². The molecule has 0 aliphatic carbocycles. The van der Waals surface area contributed by atoms with Crippen LogP contribution in [0.3, 0.4) is 0 Å². The largest absolute Gasteiger partial charge is 0.472 e. The number of hydrogen-bond acceptors (Lipinski definition) is 6. The number of benzene rings is 2. The maximum absolute atomic E-state index is 12.8. The van der Waals surface area contributed by atoms with Crippen LogP contribution in [0.2, 0.25) is 0 Å². The van der Waals surface area contributed by atoms with Crippen molar-refractivity contribution in [2.45, 2.75) is 12.8 Å². The van der Waals surface area contributed by atoms with E-state index in [9.17, 15) is 13.2 Å². The van der Waals surface area contributed by atoms with E-state index in [1.54, 1.807) is 12.1 Å². The van der Waals surface area contributed by atoms with E-state index in [1.165, 1.54) is 24.5 Å². The lowest BCUT2D eigenvalue weighted by Crippen LogP contribution is -2.04. The molecule has 0 atom stereocenters. The standard InChI is InChI=1S/C22H15F3N4O2/c23-22(24,25)17-7-4-8-18(11-17)31-21-26-12-16(13-27-21)19-9-10-20(29-28-19)30-14-15-5-2-1-3-6-15/h1-13H,14H2. The van der Waals surface area contributed by atoms with Gasteiger partial charge in [-0.15, -0.1) is 10.2 Å². The molecule has 156 valence electrons. The van der Waals surface area contributed by atoms with Crippen LogP contribution in [0.4, 0.5) is 13.2 Å². The van der Waals surface area contributed by atoms with Crippen molar-refractivity contribution in [2.24, 2.45) is 0 Å². The summed E-state index contributed by atoms with van der Waals surface area (Å²) in [6, 6.07) is 17.5. The van der Waals surface area contributed by atoms with Gasteiger partial charge in [-0.25, -0.2) is 9.97 Å². The summed E-state index contributed by atoms with van der Waals surface area (Å²) in [5.74, 6) is 0.361. The summed E-state index contributed by atoms with van der Waals surface area (Å²) >= 11 is 0. The Labute approximate surface area is 175 Å². The third kappa shape index (κ3) is 5.33. The fourth-order valence-corrected chi connectivity index (χ4v) is 2.62. The Morgan fingerprint density at radius 1 is 0.806 bits per heavy atom. The van der Waals surface area contributed by atoms with Crippen molar-refractivity contribution in [2.75, 3.05) is 0 Å². The number of aromatic nitrogens is 4. The molecule has 6 nitrogen and oxygen atoms in total. The molecule has 2 heterocycles. The topological polar surface area (TPSA) is 70.0 Å². The van der Waals surface area contributed by atoms with Crippen LogP contribution < -0.4 is 9.47 Å². The lowest BCUT2D eigenvalue weighted by atomic mass is 10.2. The first kappa shape index (κ1) is 20.3. The monoisotopic (exact) mass is 424 g/mol. The van der Waals surface area contributed by atoms with Crippen molar-refractivity contribution in [1.82, 2.24) is 20.2 Å². The van der Waals surface area contributed by atoms with E-state index in [1.807, 2.05) is 30.3 Å². The molecule has 0 saturated heterocycles. The summed E-state index contributed by atoms with van der Waals surface area (Å²) in [6.45, 7) is 0.375. The Kier molecular flexibility index (Phi) is 5.74. The zero-order chi connectivity index (χ0) is 21.7. The minimum atomic E-state index is -4.46. The van der Waals surface area contributed by atoms with Gasteiger partial charge in [0.1, 0.15) is 12.4 Å². The molecule has 31 heavy (non-hydrogen) atoms. The van der Waals surface area contributed by atoms with Crippen molar-refractivity contribution in [3.8, 4) is 28.9 Å². The van der Waals surface area contributed by atoms with Crippen molar-refractivity contribution in [3.05, 3.63) is 90.3 Å². The Hall–Kier alpha value is -4.01. The van der Waals surface area contributed by atoms with Gasteiger partial charge in [0.15, 0.2) is 0 Å². The van der Waals surface area contributed by atoms with Crippen LogP contribution in [0.15, 0.2) is 79.1 Å². The molecule has 9 heteroatoms. The second kappa shape index (κ2) is 8.78. The maximum Gasteiger partial charge on any atom is 0.416 e. The molecule has 0 saturated carbocycles. The van der Waals surface area contributed by atoms with Gasteiger partial charge in [-0.3, -0.25) is 0 Å². The first-order chi connectivity index (χ1) is 15.0. The normalized spacial score (nSPS) is 11.2. The first-order valence-corrected chi connectivity index (χ1v) is 9.15. The summed E-state index contributed by atoms with van der Waals surface area (Å²) in [4.78, 5) is 8.05. The molecule has 4 rings (SSSR count). The minimum Gasteiger partial charge on any atom is -0.472 e. The van der Waals surface area contributed by atoms with Crippen LogP contribution in [0.25, 0.3) is 11.3 Å². The number of nitrogens with zero attached hydrogens (tertiary/aromatic N) is 4. The Balaban J connectivity index is 1.40. The van der Waals surface area contributed by atoms with Crippen molar-refractivity contribution < 1.29 is 22.6 Å². The minimum absolute atomic E-state index is 0.0118. The van der Waals surface area contributed by atoms with Gasteiger partial charge in [0, 0.05) is 24.0 Å². The molecule has 0 aliphatic heterocycles. The van der Waals surface area contributed by atoms with Gasteiger partial charge in [-0.2, -0.15) is 13.2 Å². The van der Waals surface area contributed by atoms with Crippen molar-refractivity contribution in [3.63, 3.8) is 0 Å². The zero-order valence-corrected chi connectivity index (χ0v) is 16.0. The highest BCUT2D eigenvalue weighted by Gasteiger charge is 2.30. The van der Waals surface area contributed by atoms with Crippen molar-refractivity contribution >= 4 is 0 Å². The summed E-state index contributed by atoms with van der Waals surface area (Å²) in [6.07, 6.45) is -1.56. The summed E-state index contributed by atoms with van der Waals surface area (Å²) in [5, 5.41) is 8.12. The van der Waals surface area contributed by atoms with E-state index in [2.05, 4.69) is 20.2 Å². The smallest absolute Gasteiger partial charge is 0.416 e. The fraction of sp³-hybridized carbons (Fsp3) is 0.0909. The second-order valence-electron chi connectivity index (χ2n) is 6.41.